The zero-order valence-electron chi connectivity index (χ0n) is 13.3. The van der Waals surface area contributed by atoms with E-state index in [0.29, 0.717) is 6.54 Å². The topological polar surface area (TPSA) is 45.2 Å². The summed E-state index contributed by atoms with van der Waals surface area (Å²) in [5.74, 6) is 0.141. The molecule has 23 heavy (non-hydrogen) atoms. The summed E-state index contributed by atoms with van der Waals surface area (Å²) in [5, 5.41) is 3.09. The van der Waals surface area contributed by atoms with E-state index in [2.05, 4.69) is 15.2 Å². The zero-order chi connectivity index (χ0) is 15.9. The SMILES string of the molecule is O=C(NCc1ccccc1)[C@@H]1CCCCN1Cc1ccncc1. The van der Waals surface area contributed by atoms with Crippen molar-refractivity contribution in [1.82, 2.24) is 15.2 Å². The van der Waals surface area contributed by atoms with E-state index in [1.807, 2.05) is 54.9 Å². The number of aromatic nitrogens is 1. The molecule has 0 spiro atoms. The number of amides is 1. The third-order valence-electron chi connectivity index (χ3n) is 4.36. The van der Waals surface area contributed by atoms with Crippen LogP contribution in [0.25, 0.3) is 0 Å². The third kappa shape index (κ3) is 4.39. The molecule has 1 amide bonds. The molecule has 0 aliphatic carbocycles. The molecule has 4 nitrogen and oxygen atoms in total. The van der Waals surface area contributed by atoms with Crippen LogP contribution in [0.2, 0.25) is 0 Å². The molecular weight excluding hydrogens is 286 g/mol. The number of hydrogen-bond donors (Lipinski definition) is 1. The van der Waals surface area contributed by atoms with Crippen molar-refractivity contribution in [2.75, 3.05) is 6.54 Å². The molecule has 1 atom stereocenters. The molecule has 1 aliphatic rings. The van der Waals surface area contributed by atoms with Crippen molar-refractivity contribution >= 4 is 5.91 Å². The molecule has 120 valence electrons. The first-order valence-corrected chi connectivity index (χ1v) is 8.27. The Morgan fingerprint density at radius 2 is 1.87 bits per heavy atom. The van der Waals surface area contributed by atoms with Gasteiger partial charge in [-0.15, -0.1) is 0 Å². The van der Waals surface area contributed by atoms with Gasteiger partial charge in [-0.2, -0.15) is 0 Å². The Morgan fingerprint density at radius 3 is 2.65 bits per heavy atom. The minimum absolute atomic E-state index is 0.0272. The smallest absolute Gasteiger partial charge is 0.237 e. The number of carbonyl (C=O) groups excluding carboxylic acids is 1. The van der Waals surface area contributed by atoms with Crippen molar-refractivity contribution in [3.63, 3.8) is 0 Å². The van der Waals surface area contributed by atoms with Gasteiger partial charge >= 0.3 is 0 Å². The molecule has 1 aromatic carbocycles. The van der Waals surface area contributed by atoms with E-state index in [-0.39, 0.29) is 11.9 Å². The second kappa shape index (κ2) is 7.88. The van der Waals surface area contributed by atoms with Gasteiger partial charge in [0.2, 0.25) is 5.91 Å². The van der Waals surface area contributed by atoms with Crippen molar-refractivity contribution in [2.45, 2.75) is 38.4 Å². The number of pyridine rings is 1. The molecule has 1 N–H and O–H groups in total. The predicted molar refractivity (Wildman–Crippen MR) is 90.6 cm³/mol. The number of nitrogens with zero attached hydrogens (tertiary/aromatic N) is 2. The predicted octanol–water partition coefficient (Wildman–Crippen LogP) is 2.75. The fraction of sp³-hybridized carbons (Fsp3) is 0.368. The van der Waals surface area contributed by atoms with Gasteiger partial charge in [0.15, 0.2) is 0 Å². The van der Waals surface area contributed by atoms with E-state index in [1.54, 1.807) is 0 Å². The van der Waals surface area contributed by atoms with Crippen LogP contribution in [0.1, 0.15) is 30.4 Å². The Balaban J connectivity index is 1.60. The zero-order valence-corrected chi connectivity index (χ0v) is 13.3. The molecule has 2 aromatic rings. The van der Waals surface area contributed by atoms with Gasteiger partial charge in [0.25, 0.3) is 0 Å². The van der Waals surface area contributed by atoms with Gasteiger partial charge < -0.3 is 5.32 Å². The number of piperidine rings is 1. The Morgan fingerprint density at radius 1 is 1.09 bits per heavy atom. The van der Waals surface area contributed by atoms with Gasteiger partial charge in [-0.05, 0) is 42.6 Å². The van der Waals surface area contributed by atoms with Crippen molar-refractivity contribution in [2.24, 2.45) is 0 Å². The molecule has 1 aromatic heterocycles. The first-order chi connectivity index (χ1) is 11.3. The molecule has 0 radical (unpaired) electrons. The van der Waals surface area contributed by atoms with Crippen LogP contribution in [0, 0.1) is 0 Å². The second-order valence-corrected chi connectivity index (χ2v) is 6.04. The molecular formula is C19H23N3O. The Bertz CT molecular complexity index is 615. The van der Waals surface area contributed by atoms with Crippen LogP contribution < -0.4 is 5.32 Å². The van der Waals surface area contributed by atoms with Crippen molar-refractivity contribution in [3.8, 4) is 0 Å². The van der Waals surface area contributed by atoms with Gasteiger partial charge in [-0.25, -0.2) is 0 Å². The summed E-state index contributed by atoms with van der Waals surface area (Å²) in [5.41, 5.74) is 2.35. The summed E-state index contributed by atoms with van der Waals surface area (Å²) in [4.78, 5) is 19.0. The summed E-state index contributed by atoms with van der Waals surface area (Å²) in [6.45, 7) is 2.39. The Labute approximate surface area is 137 Å². The van der Waals surface area contributed by atoms with Gasteiger partial charge in [0.05, 0.1) is 6.04 Å². The molecule has 0 unspecified atom stereocenters. The quantitative estimate of drug-likeness (QED) is 0.924. The standard InChI is InChI=1S/C19H23N3O/c23-19(21-14-16-6-2-1-3-7-16)18-8-4-5-13-22(18)15-17-9-11-20-12-10-17/h1-3,6-7,9-12,18H,4-5,8,13-15H2,(H,21,23)/t18-/m0/s1. The van der Waals surface area contributed by atoms with E-state index in [4.69, 9.17) is 0 Å². The maximum Gasteiger partial charge on any atom is 0.237 e. The average Bonchev–Trinajstić information content (AvgIpc) is 2.62. The van der Waals surface area contributed by atoms with Gasteiger partial charge in [-0.1, -0.05) is 36.8 Å². The number of benzene rings is 1. The maximum atomic E-state index is 12.6. The first kappa shape index (κ1) is 15.7. The van der Waals surface area contributed by atoms with Crippen LogP contribution in [-0.4, -0.2) is 28.4 Å². The summed E-state index contributed by atoms with van der Waals surface area (Å²) in [7, 11) is 0. The Kier molecular flexibility index (Phi) is 5.37. The molecule has 1 saturated heterocycles. The van der Waals surface area contributed by atoms with Gasteiger partial charge in [0, 0.05) is 25.5 Å². The minimum atomic E-state index is -0.0272. The normalized spacial score (nSPS) is 18.5. The Hall–Kier alpha value is -2.20. The third-order valence-corrected chi connectivity index (χ3v) is 4.36. The average molecular weight is 309 g/mol. The van der Waals surface area contributed by atoms with Crippen molar-refractivity contribution < 1.29 is 4.79 Å². The summed E-state index contributed by atoms with van der Waals surface area (Å²) < 4.78 is 0. The lowest BCUT2D eigenvalue weighted by Crippen LogP contribution is -2.48. The summed E-state index contributed by atoms with van der Waals surface area (Å²) in [6, 6.07) is 14.1. The largest absolute Gasteiger partial charge is 0.351 e. The van der Waals surface area contributed by atoms with E-state index >= 15 is 0 Å². The van der Waals surface area contributed by atoms with Crippen LogP contribution in [0.5, 0.6) is 0 Å². The molecule has 2 heterocycles. The highest BCUT2D eigenvalue weighted by molar-refractivity contribution is 5.81. The van der Waals surface area contributed by atoms with Crippen LogP contribution in [-0.2, 0) is 17.9 Å². The summed E-state index contributed by atoms with van der Waals surface area (Å²) >= 11 is 0. The monoisotopic (exact) mass is 309 g/mol. The number of likely N-dealkylation sites (tertiary alicyclic amines) is 1. The molecule has 0 saturated carbocycles. The lowest BCUT2D eigenvalue weighted by molar-refractivity contribution is -0.128. The lowest BCUT2D eigenvalue weighted by atomic mass is 10.0. The fourth-order valence-electron chi connectivity index (χ4n) is 3.10. The molecule has 0 bridgehead atoms. The molecule has 1 aliphatic heterocycles. The van der Waals surface area contributed by atoms with Crippen molar-refractivity contribution in [1.29, 1.82) is 0 Å². The molecule has 1 fully saturated rings. The molecule has 4 heteroatoms. The lowest BCUT2D eigenvalue weighted by Gasteiger charge is -2.34. The number of rotatable bonds is 5. The van der Waals surface area contributed by atoms with Crippen LogP contribution in [0.4, 0.5) is 0 Å². The second-order valence-electron chi connectivity index (χ2n) is 6.04. The first-order valence-electron chi connectivity index (χ1n) is 8.27. The van der Waals surface area contributed by atoms with E-state index in [1.165, 1.54) is 5.56 Å². The van der Waals surface area contributed by atoms with Gasteiger partial charge in [-0.3, -0.25) is 14.7 Å². The number of carbonyl (C=O) groups is 1. The number of hydrogen-bond acceptors (Lipinski definition) is 3. The van der Waals surface area contributed by atoms with E-state index < -0.39 is 0 Å². The van der Waals surface area contributed by atoms with Crippen LogP contribution in [0.3, 0.4) is 0 Å². The molecule has 3 rings (SSSR count). The maximum absolute atomic E-state index is 12.6. The highest BCUT2D eigenvalue weighted by atomic mass is 16.2. The van der Waals surface area contributed by atoms with Crippen LogP contribution >= 0.6 is 0 Å². The summed E-state index contributed by atoms with van der Waals surface area (Å²) in [6.07, 6.45) is 6.84. The highest BCUT2D eigenvalue weighted by Crippen LogP contribution is 2.19. The van der Waals surface area contributed by atoms with Crippen molar-refractivity contribution in [3.05, 3.63) is 66.0 Å². The van der Waals surface area contributed by atoms with E-state index in [0.717, 1.165) is 37.9 Å². The van der Waals surface area contributed by atoms with E-state index in [9.17, 15) is 4.79 Å². The van der Waals surface area contributed by atoms with Crippen LogP contribution in [0.15, 0.2) is 54.9 Å². The highest BCUT2D eigenvalue weighted by Gasteiger charge is 2.28. The number of nitrogens with one attached hydrogen (secondary N) is 1. The fourth-order valence-corrected chi connectivity index (χ4v) is 3.10. The van der Waals surface area contributed by atoms with Gasteiger partial charge in [0.1, 0.15) is 0 Å². The minimum Gasteiger partial charge on any atom is -0.351 e.